The van der Waals surface area contributed by atoms with Gasteiger partial charge in [0.15, 0.2) is 11.5 Å². The van der Waals surface area contributed by atoms with Crippen LogP contribution in [0.3, 0.4) is 0 Å². The van der Waals surface area contributed by atoms with E-state index in [1.807, 2.05) is 42.5 Å². The normalized spacial score (nSPS) is 12.8. The molecule has 114 valence electrons. The van der Waals surface area contributed by atoms with E-state index in [-0.39, 0.29) is 5.91 Å². The van der Waals surface area contributed by atoms with E-state index >= 15 is 0 Å². The van der Waals surface area contributed by atoms with Crippen LogP contribution in [0.4, 0.5) is 0 Å². The first-order valence-electron chi connectivity index (χ1n) is 7.11. The van der Waals surface area contributed by atoms with Crippen molar-refractivity contribution in [1.29, 1.82) is 0 Å². The van der Waals surface area contributed by atoms with Crippen molar-refractivity contribution in [1.82, 2.24) is 5.32 Å². The lowest BCUT2D eigenvalue weighted by molar-refractivity contribution is -0.120. The van der Waals surface area contributed by atoms with E-state index in [1.54, 1.807) is 0 Å². The molecule has 22 heavy (non-hydrogen) atoms. The van der Waals surface area contributed by atoms with E-state index in [0.717, 1.165) is 16.9 Å². The molecule has 0 aromatic heterocycles. The van der Waals surface area contributed by atoms with Gasteiger partial charge in [0.25, 0.3) is 0 Å². The minimum Gasteiger partial charge on any atom is -0.486 e. The number of halogens is 1. The quantitative estimate of drug-likeness (QED) is 0.943. The van der Waals surface area contributed by atoms with Crippen molar-refractivity contribution >= 4 is 17.5 Å². The van der Waals surface area contributed by atoms with Gasteiger partial charge in [0.1, 0.15) is 13.2 Å². The molecule has 1 N–H and O–H groups in total. The maximum Gasteiger partial charge on any atom is 0.224 e. The Labute approximate surface area is 134 Å². The van der Waals surface area contributed by atoms with Crippen LogP contribution in [0, 0.1) is 0 Å². The van der Waals surface area contributed by atoms with Gasteiger partial charge in [-0.2, -0.15) is 0 Å². The Bertz CT molecular complexity index is 687. The van der Waals surface area contributed by atoms with Gasteiger partial charge in [-0.25, -0.2) is 0 Å². The summed E-state index contributed by atoms with van der Waals surface area (Å²) >= 11 is 6.07. The number of rotatable bonds is 4. The van der Waals surface area contributed by atoms with Crippen molar-refractivity contribution in [3.8, 4) is 11.5 Å². The summed E-state index contributed by atoms with van der Waals surface area (Å²) in [6, 6.07) is 13.0. The Kier molecular flexibility index (Phi) is 4.49. The number of nitrogens with one attached hydrogen (secondary N) is 1. The zero-order valence-electron chi connectivity index (χ0n) is 12.0. The third-order valence-corrected chi connectivity index (χ3v) is 3.77. The van der Waals surface area contributed by atoms with Crippen molar-refractivity contribution in [3.05, 3.63) is 58.6 Å². The lowest BCUT2D eigenvalue weighted by Gasteiger charge is -2.18. The first-order chi connectivity index (χ1) is 10.7. The van der Waals surface area contributed by atoms with Gasteiger partial charge in [0.05, 0.1) is 6.42 Å². The molecule has 0 unspecified atom stereocenters. The Morgan fingerprint density at radius 1 is 1.09 bits per heavy atom. The van der Waals surface area contributed by atoms with Gasteiger partial charge in [0.2, 0.25) is 5.91 Å². The fraction of sp³-hybridized carbons (Fsp3) is 0.235. The molecule has 1 aliphatic heterocycles. The van der Waals surface area contributed by atoms with E-state index in [1.165, 1.54) is 0 Å². The molecule has 0 bridgehead atoms. The maximum atomic E-state index is 12.0. The van der Waals surface area contributed by atoms with Crippen molar-refractivity contribution in [3.63, 3.8) is 0 Å². The van der Waals surface area contributed by atoms with Crippen molar-refractivity contribution in [2.45, 2.75) is 13.0 Å². The van der Waals surface area contributed by atoms with Crippen LogP contribution >= 0.6 is 11.6 Å². The lowest BCUT2D eigenvalue weighted by Crippen LogP contribution is -2.24. The number of ether oxygens (including phenoxy) is 2. The van der Waals surface area contributed by atoms with E-state index in [2.05, 4.69) is 5.32 Å². The number of carbonyl (C=O) groups is 1. The highest BCUT2D eigenvalue weighted by Crippen LogP contribution is 2.30. The summed E-state index contributed by atoms with van der Waals surface area (Å²) in [4.78, 5) is 12.0. The molecule has 0 radical (unpaired) electrons. The minimum atomic E-state index is -0.0587. The van der Waals surface area contributed by atoms with E-state index in [9.17, 15) is 4.79 Å². The summed E-state index contributed by atoms with van der Waals surface area (Å²) < 4.78 is 11.0. The first kappa shape index (κ1) is 14.7. The zero-order valence-corrected chi connectivity index (χ0v) is 12.7. The Morgan fingerprint density at radius 3 is 2.68 bits per heavy atom. The van der Waals surface area contributed by atoms with Gasteiger partial charge in [-0.15, -0.1) is 0 Å². The van der Waals surface area contributed by atoms with Crippen LogP contribution in [0.2, 0.25) is 5.02 Å². The fourth-order valence-electron chi connectivity index (χ4n) is 2.28. The van der Waals surface area contributed by atoms with E-state index in [0.29, 0.717) is 37.0 Å². The predicted octanol–water partition coefficient (Wildman–Crippen LogP) is 2.97. The number of carbonyl (C=O) groups excluding carboxylic acids is 1. The van der Waals surface area contributed by atoms with Gasteiger partial charge in [-0.3, -0.25) is 4.79 Å². The van der Waals surface area contributed by atoms with Crippen LogP contribution in [0.5, 0.6) is 11.5 Å². The molecule has 0 aliphatic carbocycles. The molecular formula is C17H16ClNO3. The van der Waals surface area contributed by atoms with Gasteiger partial charge in [-0.1, -0.05) is 35.9 Å². The highest BCUT2D eigenvalue weighted by atomic mass is 35.5. The monoisotopic (exact) mass is 317 g/mol. The van der Waals surface area contributed by atoms with Crippen molar-refractivity contribution in [2.75, 3.05) is 13.2 Å². The summed E-state index contributed by atoms with van der Waals surface area (Å²) in [6.07, 6.45) is 0.293. The molecule has 4 nitrogen and oxygen atoms in total. The predicted molar refractivity (Wildman–Crippen MR) is 84.4 cm³/mol. The van der Waals surface area contributed by atoms with Gasteiger partial charge < -0.3 is 14.8 Å². The molecule has 2 aromatic carbocycles. The average molecular weight is 318 g/mol. The molecule has 5 heteroatoms. The number of fused-ring (bicyclic) bond motifs is 1. The Morgan fingerprint density at radius 2 is 1.86 bits per heavy atom. The molecule has 1 aliphatic rings. The van der Waals surface area contributed by atoms with Crippen LogP contribution in [0.1, 0.15) is 11.1 Å². The summed E-state index contributed by atoms with van der Waals surface area (Å²) in [5.41, 5.74) is 1.79. The van der Waals surface area contributed by atoms with Crippen molar-refractivity contribution in [2.24, 2.45) is 0 Å². The molecule has 0 saturated heterocycles. The van der Waals surface area contributed by atoms with Crippen LogP contribution < -0.4 is 14.8 Å². The zero-order chi connectivity index (χ0) is 15.4. The summed E-state index contributed by atoms with van der Waals surface area (Å²) in [5.74, 6) is 1.37. The minimum absolute atomic E-state index is 0.0587. The molecular weight excluding hydrogens is 302 g/mol. The molecule has 0 spiro atoms. The van der Waals surface area contributed by atoms with Gasteiger partial charge in [0, 0.05) is 11.6 Å². The van der Waals surface area contributed by atoms with Crippen molar-refractivity contribution < 1.29 is 14.3 Å². The Hall–Kier alpha value is -2.20. The molecule has 0 saturated carbocycles. The first-order valence-corrected chi connectivity index (χ1v) is 7.49. The van der Waals surface area contributed by atoms with Crippen LogP contribution in [0.15, 0.2) is 42.5 Å². The third-order valence-electron chi connectivity index (χ3n) is 3.41. The second-order valence-electron chi connectivity index (χ2n) is 5.02. The highest BCUT2D eigenvalue weighted by Gasteiger charge is 2.13. The standard InChI is InChI=1S/C17H16ClNO3/c18-14-4-2-1-3-13(14)11-19-17(20)10-12-5-6-15-16(9-12)22-8-7-21-15/h1-6,9H,7-8,10-11H2,(H,19,20). The second-order valence-corrected chi connectivity index (χ2v) is 5.43. The summed E-state index contributed by atoms with van der Waals surface area (Å²) in [6.45, 7) is 1.52. The Balaban J connectivity index is 1.59. The van der Waals surface area contributed by atoms with E-state index < -0.39 is 0 Å². The van der Waals surface area contributed by atoms with Crippen LogP contribution in [0.25, 0.3) is 0 Å². The maximum absolute atomic E-state index is 12.0. The molecule has 0 atom stereocenters. The van der Waals surface area contributed by atoms with Crippen LogP contribution in [-0.2, 0) is 17.8 Å². The molecule has 2 aromatic rings. The molecule has 1 heterocycles. The lowest BCUT2D eigenvalue weighted by atomic mass is 10.1. The molecule has 3 rings (SSSR count). The number of amides is 1. The smallest absolute Gasteiger partial charge is 0.224 e. The van der Waals surface area contributed by atoms with Crippen LogP contribution in [-0.4, -0.2) is 19.1 Å². The number of hydrogen-bond acceptors (Lipinski definition) is 3. The molecule has 1 amide bonds. The average Bonchev–Trinajstić information content (AvgIpc) is 2.54. The summed E-state index contributed by atoms with van der Waals surface area (Å²) in [7, 11) is 0. The molecule has 0 fully saturated rings. The van der Waals surface area contributed by atoms with Gasteiger partial charge >= 0.3 is 0 Å². The fourth-order valence-corrected chi connectivity index (χ4v) is 2.48. The topological polar surface area (TPSA) is 47.6 Å². The third kappa shape index (κ3) is 3.52. The van der Waals surface area contributed by atoms with Gasteiger partial charge in [-0.05, 0) is 29.3 Å². The largest absolute Gasteiger partial charge is 0.486 e. The second kappa shape index (κ2) is 6.71. The van der Waals surface area contributed by atoms with E-state index in [4.69, 9.17) is 21.1 Å². The number of hydrogen-bond donors (Lipinski definition) is 1. The summed E-state index contributed by atoms with van der Waals surface area (Å²) in [5, 5.41) is 3.53. The SMILES string of the molecule is O=C(Cc1ccc2c(c1)OCCO2)NCc1ccccc1Cl. The highest BCUT2D eigenvalue weighted by molar-refractivity contribution is 6.31. The number of benzene rings is 2.